The van der Waals surface area contributed by atoms with Crippen LogP contribution in [0.3, 0.4) is 0 Å². The molecule has 0 aliphatic rings. The van der Waals surface area contributed by atoms with Crippen molar-refractivity contribution in [2.75, 3.05) is 23.9 Å². The van der Waals surface area contributed by atoms with Crippen LogP contribution in [0.25, 0.3) is 0 Å². The van der Waals surface area contributed by atoms with Gasteiger partial charge in [0.15, 0.2) is 5.12 Å². The lowest BCUT2D eigenvalue weighted by atomic mass is 10.5. The highest BCUT2D eigenvalue weighted by Crippen LogP contribution is 2.09. The second-order valence-electron chi connectivity index (χ2n) is 2.41. The van der Waals surface area contributed by atoms with Crippen molar-refractivity contribution in [3.05, 3.63) is 0 Å². The van der Waals surface area contributed by atoms with Crippen molar-refractivity contribution in [2.45, 2.75) is 20.3 Å². The zero-order valence-electron chi connectivity index (χ0n) is 8.58. The van der Waals surface area contributed by atoms with E-state index in [1.54, 1.807) is 6.92 Å². The van der Waals surface area contributed by atoms with E-state index in [2.05, 4.69) is 0 Å². The van der Waals surface area contributed by atoms with Crippen LogP contribution < -0.4 is 0 Å². The van der Waals surface area contributed by atoms with Gasteiger partial charge in [0.05, 0.1) is 18.8 Å². The molecule has 0 saturated carbocycles. The third kappa shape index (κ3) is 8.44. The molecule has 14 heavy (non-hydrogen) atoms. The van der Waals surface area contributed by atoms with Gasteiger partial charge in [0, 0.05) is 5.75 Å². The van der Waals surface area contributed by atoms with E-state index in [4.69, 9.17) is 4.74 Å². The van der Waals surface area contributed by atoms with E-state index < -0.39 is 0 Å². The first-order valence-corrected chi connectivity index (χ1v) is 6.73. The summed E-state index contributed by atoms with van der Waals surface area (Å²) in [5.41, 5.74) is 0. The molecule has 0 unspecified atom stereocenters. The standard InChI is InChI=1S/C9H16O3S2/c1-3-12-8(10)5-6-13-7-9(11)14-4-2/h3-7H2,1-2H3. The molecule has 0 radical (unpaired) electrons. The molecule has 82 valence electrons. The summed E-state index contributed by atoms with van der Waals surface area (Å²) >= 11 is 2.81. The van der Waals surface area contributed by atoms with E-state index in [0.717, 1.165) is 5.75 Å². The van der Waals surface area contributed by atoms with Crippen molar-refractivity contribution in [1.29, 1.82) is 0 Å². The molecule has 0 aromatic heterocycles. The van der Waals surface area contributed by atoms with Gasteiger partial charge in [0.1, 0.15) is 0 Å². The first-order chi connectivity index (χ1) is 6.70. The molecule has 0 saturated heterocycles. The smallest absolute Gasteiger partial charge is 0.306 e. The first kappa shape index (κ1) is 13.8. The average Bonchev–Trinajstić information content (AvgIpc) is 2.13. The fourth-order valence-electron chi connectivity index (χ4n) is 0.747. The summed E-state index contributed by atoms with van der Waals surface area (Å²) in [6.45, 7) is 4.16. The number of carbonyl (C=O) groups is 2. The highest BCUT2D eigenvalue weighted by molar-refractivity contribution is 8.15. The zero-order chi connectivity index (χ0) is 10.8. The molecule has 3 nitrogen and oxygen atoms in total. The van der Waals surface area contributed by atoms with Crippen molar-refractivity contribution in [3.63, 3.8) is 0 Å². The molecule has 0 aromatic rings. The van der Waals surface area contributed by atoms with Crippen LogP contribution in [0.1, 0.15) is 20.3 Å². The average molecular weight is 236 g/mol. The molecule has 0 amide bonds. The summed E-state index contributed by atoms with van der Waals surface area (Å²) in [5.74, 6) is 1.78. The molecule has 5 heteroatoms. The van der Waals surface area contributed by atoms with Gasteiger partial charge in [-0.3, -0.25) is 9.59 Å². The summed E-state index contributed by atoms with van der Waals surface area (Å²) < 4.78 is 4.75. The van der Waals surface area contributed by atoms with E-state index in [-0.39, 0.29) is 11.1 Å². The van der Waals surface area contributed by atoms with E-state index in [1.807, 2.05) is 6.92 Å². The fraction of sp³-hybridized carbons (Fsp3) is 0.778. The number of esters is 1. The van der Waals surface area contributed by atoms with Gasteiger partial charge in [-0.1, -0.05) is 18.7 Å². The number of thioether (sulfide) groups is 2. The summed E-state index contributed by atoms with van der Waals surface area (Å²) in [7, 11) is 0. The van der Waals surface area contributed by atoms with Gasteiger partial charge in [-0.15, -0.1) is 0 Å². The van der Waals surface area contributed by atoms with Gasteiger partial charge in [-0.2, -0.15) is 11.8 Å². The van der Waals surface area contributed by atoms with Crippen LogP contribution in [0, 0.1) is 0 Å². The van der Waals surface area contributed by atoms with E-state index in [9.17, 15) is 9.59 Å². The third-order valence-corrected chi connectivity index (χ3v) is 3.18. The maximum absolute atomic E-state index is 11.0. The Hall–Kier alpha value is -0.160. The molecule has 0 aliphatic carbocycles. The van der Waals surface area contributed by atoms with Crippen molar-refractivity contribution in [1.82, 2.24) is 0 Å². The largest absolute Gasteiger partial charge is 0.466 e. The SMILES string of the molecule is CCOC(=O)CCSCC(=O)SCC. The minimum Gasteiger partial charge on any atom is -0.466 e. The topological polar surface area (TPSA) is 43.4 Å². The molecule has 0 rings (SSSR count). The lowest BCUT2D eigenvalue weighted by molar-refractivity contribution is -0.142. The summed E-state index contributed by atoms with van der Waals surface area (Å²) in [5, 5.41) is 0.182. The van der Waals surface area contributed by atoms with Crippen LogP contribution in [-0.4, -0.2) is 35.0 Å². The van der Waals surface area contributed by atoms with Crippen molar-refractivity contribution in [2.24, 2.45) is 0 Å². The number of ether oxygens (including phenoxy) is 1. The zero-order valence-corrected chi connectivity index (χ0v) is 10.2. The molecule has 0 bridgehead atoms. The maximum atomic E-state index is 11.0. The van der Waals surface area contributed by atoms with Gasteiger partial charge in [-0.05, 0) is 12.7 Å². The molecule has 0 fully saturated rings. The van der Waals surface area contributed by atoms with Crippen LogP contribution in [0.2, 0.25) is 0 Å². The lowest BCUT2D eigenvalue weighted by Crippen LogP contribution is -2.06. The molecule has 0 heterocycles. The monoisotopic (exact) mass is 236 g/mol. The first-order valence-electron chi connectivity index (χ1n) is 4.59. The summed E-state index contributed by atoms with van der Waals surface area (Å²) in [6.07, 6.45) is 0.391. The van der Waals surface area contributed by atoms with E-state index in [0.29, 0.717) is 24.5 Å². The van der Waals surface area contributed by atoms with Gasteiger partial charge in [0.25, 0.3) is 0 Å². The molecular formula is C9H16O3S2. The minimum absolute atomic E-state index is 0.182. The second kappa shape index (κ2) is 9.40. The Morgan fingerprint density at radius 2 is 2.00 bits per heavy atom. The fourth-order valence-corrected chi connectivity index (χ4v) is 2.27. The Morgan fingerprint density at radius 3 is 2.57 bits per heavy atom. The maximum Gasteiger partial charge on any atom is 0.306 e. The summed E-state index contributed by atoms with van der Waals surface area (Å²) in [4.78, 5) is 21.9. The highest BCUT2D eigenvalue weighted by Gasteiger charge is 2.04. The van der Waals surface area contributed by atoms with Gasteiger partial charge in [-0.25, -0.2) is 0 Å². The van der Waals surface area contributed by atoms with Crippen molar-refractivity contribution in [3.8, 4) is 0 Å². The van der Waals surface area contributed by atoms with Gasteiger partial charge >= 0.3 is 5.97 Å². The van der Waals surface area contributed by atoms with E-state index in [1.165, 1.54) is 23.5 Å². The third-order valence-electron chi connectivity index (χ3n) is 1.28. The molecule has 0 aromatic carbocycles. The lowest BCUT2D eigenvalue weighted by Gasteiger charge is -2.01. The van der Waals surface area contributed by atoms with Crippen molar-refractivity contribution < 1.29 is 14.3 Å². The van der Waals surface area contributed by atoms with Crippen LogP contribution >= 0.6 is 23.5 Å². The van der Waals surface area contributed by atoms with Crippen LogP contribution in [0.4, 0.5) is 0 Å². The minimum atomic E-state index is -0.185. The molecule has 0 aliphatic heterocycles. The van der Waals surface area contributed by atoms with Crippen LogP contribution in [0.15, 0.2) is 0 Å². The highest BCUT2D eigenvalue weighted by atomic mass is 32.2. The van der Waals surface area contributed by atoms with Gasteiger partial charge in [0.2, 0.25) is 0 Å². The van der Waals surface area contributed by atoms with Crippen LogP contribution in [0.5, 0.6) is 0 Å². The number of hydrogen-bond acceptors (Lipinski definition) is 5. The van der Waals surface area contributed by atoms with Crippen LogP contribution in [-0.2, 0) is 14.3 Å². The Labute approximate surface area is 93.3 Å². The quantitative estimate of drug-likeness (QED) is 0.499. The predicted molar refractivity (Wildman–Crippen MR) is 61.7 cm³/mol. The number of hydrogen-bond donors (Lipinski definition) is 0. The van der Waals surface area contributed by atoms with Gasteiger partial charge < -0.3 is 4.74 Å². The molecule has 0 N–H and O–H groups in total. The Morgan fingerprint density at radius 1 is 1.29 bits per heavy atom. The molecular weight excluding hydrogens is 220 g/mol. The summed E-state index contributed by atoms with van der Waals surface area (Å²) in [6, 6.07) is 0. The predicted octanol–water partition coefficient (Wildman–Crippen LogP) is 1.95. The number of carbonyl (C=O) groups excluding carboxylic acids is 2. The Balaban J connectivity index is 3.28. The Kier molecular flexibility index (Phi) is 9.29. The van der Waals surface area contributed by atoms with Crippen molar-refractivity contribution >= 4 is 34.6 Å². The molecule has 0 spiro atoms. The number of rotatable bonds is 7. The second-order valence-corrected chi connectivity index (χ2v) is 4.84. The van der Waals surface area contributed by atoms with E-state index >= 15 is 0 Å². The Bertz CT molecular complexity index is 163. The normalized spacial score (nSPS) is 9.86. The molecule has 0 atom stereocenters.